The lowest BCUT2D eigenvalue weighted by Gasteiger charge is -2.21. The molecule has 178 valence electrons. The van der Waals surface area contributed by atoms with Crippen LogP contribution in [0.3, 0.4) is 0 Å². The summed E-state index contributed by atoms with van der Waals surface area (Å²) in [5.41, 5.74) is 3.84. The van der Waals surface area contributed by atoms with Gasteiger partial charge in [0.2, 0.25) is 11.6 Å². The lowest BCUT2D eigenvalue weighted by Crippen LogP contribution is -2.16. The van der Waals surface area contributed by atoms with Crippen LogP contribution < -0.4 is 4.90 Å². The van der Waals surface area contributed by atoms with Crippen LogP contribution in [0.5, 0.6) is 0 Å². The van der Waals surface area contributed by atoms with Crippen LogP contribution in [0.25, 0.3) is 39.5 Å². The predicted octanol–water partition coefficient (Wildman–Crippen LogP) is 4.86. The van der Waals surface area contributed by atoms with Gasteiger partial charge in [-0.3, -0.25) is 4.40 Å². The molecule has 0 fully saturated rings. The number of tetrazole rings is 1. The number of hydrogen-bond donors (Lipinski definition) is 2. The number of anilines is 2. The lowest BCUT2D eigenvalue weighted by atomic mass is 10.0. The number of aryl methyl sites for hydroxylation is 1. The average molecular weight is 545 g/mol. The number of carboxylic acid groups (broad SMARTS) is 1. The molecule has 0 saturated heterocycles. The normalized spacial score (nSPS) is 11.4. The summed E-state index contributed by atoms with van der Waals surface area (Å²) in [6.07, 6.45) is 1.31. The summed E-state index contributed by atoms with van der Waals surface area (Å²) in [5, 5.41) is 24.9. The SMILES string of the molecule is Cc1cc(N(C)c2ccc3oc(-c4ccccc4-c4nn[nH]n4)c(Br)c3c2)n2c(C(=O)O)cnc2n1. The van der Waals surface area contributed by atoms with Gasteiger partial charge in [-0.25, -0.2) is 14.8 Å². The zero-order chi connectivity index (χ0) is 25.0. The van der Waals surface area contributed by atoms with Crippen molar-refractivity contribution >= 4 is 50.2 Å². The molecular weight excluding hydrogens is 528 g/mol. The molecule has 2 N–H and O–H groups in total. The van der Waals surface area contributed by atoms with Crippen LogP contribution in [0, 0.1) is 6.92 Å². The maximum Gasteiger partial charge on any atom is 0.354 e. The van der Waals surface area contributed by atoms with Crippen molar-refractivity contribution in [3.05, 3.63) is 70.6 Å². The van der Waals surface area contributed by atoms with E-state index in [2.05, 4.69) is 46.5 Å². The molecule has 6 aromatic rings. The number of benzene rings is 2. The highest BCUT2D eigenvalue weighted by atomic mass is 79.9. The summed E-state index contributed by atoms with van der Waals surface area (Å²) in [7, 11) is 1.86. The molecule has 0 atom stereocenters. The maximum absolute atomic E-state index is 11.8. The average Bonchev–Trinajstić information content (AvgIpc) is 3.62. The minimum atomic E-state index is -1.08. The van der Waals surface area contributed by atoms with Gasteiger partial charge in [0, 0.05) is 41.0 Å². The molecule has 4 heterocycles. The van der Waals surface area contributed by atoms with Gasteiger partial charge in [-0.1, -0.05) is 24.3 Å². The Morgan fingerprint density at radius 3 is 2.72 bits per heavy atom. The van der Waals surface area contributed by atoms with Crippen molar-refractivity contribution in [2.24, 2.45) is 0 Å². The molecule has 2 aromatic carbocycles. The Morgan fingerprint density at radius 1 is 1.17 bits per heavy atom. The summed E-state index contributed by atoms with van der Waals surface area (Å²) < 4.78 is 8.53. The van der Waals surface area contributed by atoms with Gasteiger partial charge in [-0.15, -0.1) is 10.2 Å². The third kappa shape index (κ3) is 3.41. The van der Waals surface area contributed by atoms with E-state index in [-0.39, 0.29) is 5.69 Å². The predicted molar refractivity (Wildman–Crippen MR) is 135 cm³/mol. The second kappa shape index (κ2) is 8.27. The zero-order valence-corrected chi connectivity index (χ0v) is 20.6. The standard InChI is InChI=1S/C24H17BrN8O3/c1-12-9-19(33-17(23(34)35)11-26-24(33)27-12)32(2)13-7-8-18-16(10-13)20(25)21(36-18)14-5-3-4-6-15(14)22-28-30-31-29-22/h3-11H,1-2H3,(H,34,35)(H,28,29,30,31). The van der Waals surface area contributed by atoms with Crippen LogP contribution in [0.4, 0.5) is 11.5 Å². The molecule has 0 bridgehead atoms. The van der Waals surface area contributed by atoms with Gasteiger partial charge in [0.25, 0.3) is 0 Å². The number of halogens is 1. The Balaban J connectivity index is 1.48. The van der Waals surface area contributed by atoms with Gasteiger partial charge in [-0.2, -0.15) is 5.21 Å². The molecule has 4 aromatic heterocycles. The highest BCUT2D eigenvalue weighted by Gasteiger charge is 2.22. The van der Waals surface area contributed by atoms with Gasteiger partial charge in [0.1, 0.15) is 17.2 Å². The van der Waals surface area contributed by atoms with Crippen molar-refractivity contribution in [3.63, 3.8) is 0 Å². The molecule has 0 radical (unpaired) electrons. The smallest absolute Gasteiger partial charge is 0.354 e. The molecule has 11 nitrogen and oxygen atoms in total. The van der Waals surface area contributed by atoms with Crippen molar-refractivity contribution in [1.29, 1.82) is 0 Å². The molecule has 0 spiro atoms. The molecule has 6 rings (SSSR count). The van der Waals surface area contributed by atoms with E-state index in [0.29, 0.717) is 28.8 Å². The van der Waals surface area contributed by atoms with Crippen LogP contribution in [-0.2, 0) is 0 Å². The third-order valence-electron chi connectivity index (χ3n) is 5.91. The first-order valence-electron chi connectivity index (χ1n) is 10.8. The number of H-pyrrole nitrogens is 1. The minimum absolute atomic E-state index is 0.0327. The topological polar surface area (TPSA) is 138 Å². The number of carbonyl (C=O) groups is 1. The quantitative estimate of drug-likeness (QED) is 0.311. The first kappa shape index (κ1) is 21.9. The number of carboxylic acids is 1. The Hall–Kier alpha value is -4.58. The van der Waals surface area contributed by atoms with E-state index in [4.69, 9.17) is 4.42 Å². The molecular formula is C24H17BrN8O3. The number of hydrogen-bond acceptors (Lipinski definition) is 8. The van der Waals surface area contributed by atoms with Crippen LogP contribution in [0.2, 0.25) is 0 Å². The minimum Gasteiger partial charge on any atom is -0.477 e. The van der Waals surface area contributed by atoms with Crippen LogP contribution in [0.1, 0.15) is 16.2 Å². The van der Waals surface area contributed by atoms with Crippen molar-refractivity contribution in [3.8, 4) is 22.7 Å². The maximum atomic E-state index is 11.8. The van der Waals surface area contributed by atoms with Crippen molar-refractivity contribution < 1.29 is 14.3 Å². The summed E-state index contributed by atoms with van der Waals surface area (Å²) in [6, 6.07) is 15.2. The number of aromatic carboxylic acids is 1. The third-order valence-corrected chi connectivity index (χ3v) is 6.69. The van der Waals surface area contributed by atoms with Gasteiger partial charge in [0.05, 0.1) is 10.7 Å². The molecule has 0 unspecified atom stereocenters. The number of rotatable bonds is 5. The number of aromatic amines is 1. The van der Waals surface area contributed by atoms with Gasteiger partial charge in [0.15, 0.2) is 5.69 Å². The number of furan rings is 1. The number of imidazole rings is 1. The van der Waals surface area contributed by atoms with E-state index in [1.807, 2.05) is 67.4 Å². The summed E-state index contributed by atoms with van der Waals surface area (Å²) in [6.45, 7) is 1.84. The van der Waals surface area contributed by atoms with Gasteiger partial charge in [-0.05, 0) is 46.3 Å². The monoisotopic (exact) mass is 544 g/mol. The fraction of sp³-hybridized carbons (Fsp3) is 0.0833. The molecule has 0 aliphatic rings. The Kier molecular flexibility index (Phi) is 5.04. The Morgan fingerprint density at radius 2 is 1.97 bits per heavy atom. The first-order valence-corrected chi connectivity index (χ1v) is 11.6. The number of fused-ring (bicyclic) bond motifs is 2. The van der Waals surface area contributed by atoms with E-state index >= 15 is 0 Å². The van der Waals surface area contributed by atoms with Crippen molar-refractivity contribution in [2.75, 3.05) is 11.9 Å². The number of nitrogens with zero attached hydrogens (tertiary/aromatic N) is 7. The van der Waals surface area contributed by atoms with Crippen molar-refractivity contribution in [2.45, 2.75) is 6.92 Å². The second-order valence-corrected chi connectivity index (χ2v) is 8.90. The largest absolute Gasteiger partial charge is 0.477 e. The fourth-order valence-electron chi connectivity index (χ4n) is 4.21. The van der Waals surface area contributed by atoms with Crippen LogP contribution in [-0.4, -0.2) is 53.1 Å². The van der Waals surface area contributed by atoms with E-state index in [1.54, 1.807) is 0 Å². The van der Waals surface area contributed by atoms with Gasteiger partial charge < -0.3 is 14.4 Å². The summed E-state index contributed by atoms with van der Waals surface area (Å²) >= 11 is 3.72. The van der Waals surface area contributed by atoms with E-state index in [9.17, 15) is 9.90 Å². The molecule has 0 aliphatic heterocycles. The van der Waals surface area contributed by atoms with E-state index in [1.165, 1.54) is 10.6 Å². The Labute approximate surface area is 211 Å². The highest BCUT2D eigenvalue weighted by Crippen LogP contribution is 2.42. The van der Waals surface area contributed by atoms with E-state index in [0.717, 1.165) is 32.4 Å². The summed E-state index contributed by atoms with van der Waals surface area (Å²) in [4.78, 5) is 22.2. The van der Waals surface area contributed by atoms with Crippen molar-refractivity contribution in [1.82, 2.24) is 35.0 Å². The first-order chi connectivity index (χ1) is 17.4. The molecule has 12 heteroatoms. The number of nitrogens with one attached hydrogen (secondary N) is 1. The lowest BCUT2D eigenvalue weighted by molar-refractivity contribution is 0.0689. The van der Waals surface area contributed by atoms with Crippen LogP contribution >= 0.6 is 15.9 Å². The fourth-order valence-corrected chi connectivity index (χ4v) is 4.81. The summed E-state index contributed by atoms with van der Waals surface area (Å²) in [5.74, 6) is 0.954. The molecule has 36 heavy (non-hydrogen) atoms. The van der Waals surface area contributed by atoms with Crippen LogP contribution in [0.15, 0.2) is 63.6 Å². The molecule has 0 aliphatic carbocycles. The highest BCUT2D eigenvalue weighted by molar-refractivity contribution is 9.10. The second-order valence-electron chi connectivity index (χ2n) is 8.11. The molecule has 0 amide bonds. The van der Waals surface area contributed by atoms with Gasteiger partial charge >= 0.3 is 5.97 Å². The van der Waals surface area contributed by atoms with E-state index < -0.39 is 5.97 Å². The molecule has 0 saturated carbocycles. The zero-order valence-electron chi connectivity index (χ0n) is 19.0. The Bertz CT molecular complexity index is 1770. The number of aromatic nitrogens is 7.